The van der Waals surface area contributed by atoms with E-state index in [1.165, 1.54) is 16.3 Å². The summed E-state index contributed by atoms with van der Waals surface area (Å²) >= 11 is 0. The summed E-state index contributed by atoms with van der Waals surface area (Å²) in [6.45, 7) is 5.57. The molecule has 0 saturated heterocycles. The minimum atomic E-state index is -3.57. The van der Waals surface area contributed by atoms with E-state index in [4.69, 9.17) is 0 Å². The maximum Gasteiger partial charge on any atom is 0.241 e. The molecule has 0 fully saturated rings. The van der Waals surface area contributed by atoms with E-state index in [-0.39, 0.29) is 12.0 Å². The van der Waals surface area contributed by atoms with Gasteiger partial charge in [0.25, 0.3) is 0 Å². The fourth-order valence-electron chi connectivity index (χ4n) is 4.93. The number of benzene rings is 3. The molecule has 0 radical (unpaired) electrons. The molecule has 3 aromatic rings. The molecule has 0 spiro atoms. The van der Waals surface area contributed by atoms with Crippen molar-refractivity contribution in [3.05, 3.63) is 83.9 Å². The molecule has 4 nitrogen and oxygen atoms in total. The maximum absolute atomic E-state index is 12.9. The third-order valence-corrected chi connectivity index (χ3v) is 7.97. The Hall–Kier alpha value is -2.63. The molecule has 3 unspecified atom stereocenters. The van der Waals surface area contributed by atoms with Crippen molar-refractivity contribution in [2.24, 2.45) is 5.92 Å². The van der Waals surface area contributed by atoms with Gasteiger partial charge in [0, 0.05) is 17.1 Å². The fourth-order valence-corrected chi connectivity index (χ4v) is 6.39. The van der Waals surface area contributed by atoms with Gasteiger partial charge in [0.1, 0.15) is 0 Å². The number of nitrogens with one attached hydrogen (secondary N) is 2. The molecule has 2 aliphatic rings. The van der Waals surface area contributed by atoms with Crippen LogP contribution in [0.5, 0.6) is 0 Å². The van der Waals surface area contributed by atoms with Crippen molar-refractivity contribution in [1.82, 2.24) is 4.72 Å². The number of anilines is 1. The number of hydrogen-bond donors (Lipinski definition) is 2. The molecule has 160 valence electrons. The second kappa shape index (κ2) is 7.21. The largest absolute Gasteiger partial charge is 0.378 e. The van der Waals surface area contributed by atoms with Crippen LogP contribution < -0.4 is 10.0 Å². The van der Waals surface area contributed by atoms with Crippen molar-refractivity contribution in [2.75, 3.05) is 5.32 Å². The Bertz CT molecular complexity index is 1290. The van der Waals surface area contributed by atoms with Gasteiger partial charge in [-0.15, -0.1) is 0 Å². The van der Waals surface area contributed by atoms with Gasteiger partial charge in [0.2, 0.25) is 10.0 Å². The lowest BCUT2D eigenvalue weighted by Crippen LogP contribution is -2.40. The van der Waals surface area contributed by atoms with Crippen LogP contribution in [0.1, 0.15) is 50.3 Å². The average molecular weight is 433 g/mol. The topological polar surface area (TPSA) is 58.2 Å². The summed E-state index contributed by atoms with van der Waals surface area (Å²) in [5.74, 6) is 0.569. The first kappa shape index (κ1) is 20.3. The average Bonchev–Trinajstić information content (AvgIpc) is 3.21. The Labute approximate surface area is 184 Å². The van der Waals surface area contributed by atoms with Crippen molar-refractivity contribution in [3.8, 4) is 0 Å². The number of allylic oxidation sites excluding steroid dienone is 2. The molecule has 3 aromatic carbocycles. The molecule has 2 N–H and O–H groups in total. The molecular formula is C26H28N2O2S. The molecular weight excluding hydrogens is 404 g/mol. The van der Waals surface area contributed by atoms with E-state index in [0.717, 1.165) is 17.7 Å². The van der Waals surface area contributed by atoms with E-state index in [1.807, 2.05) is 32.9 Å². The number of hydrogen-bond acceptors (Lipinski definition) is 3. The van der Waals surface area contributed by atoms with E-state index in [1.54, 1.807) is 6.07 Å². The molecule has 0 aromatic heterocycles. The predicted octanol–water partition coefficient (Wildman–Crippen LogP) is 5.74. The molecule has 1 aliphatic heterocycles. The van der Waals surface area contributed by atoms with Gasteiger partial charge in [-0.05, 0) is 79.3 Å². The molecule has 1 aliphatic carbocycles. The minimum Gasteiger partial charge on any atom is -0.378 e. The number of sulfonamides is 1. The van der Waals surface area contributed by atoms with Crippen LogP contribution in [0.25, 0.3) is 10.8 Å². The Morgan fingerprint density at radius 2 is 1.74 bits per heavy atom. The standard InChI is InChI=1S/C26H28N2O2S/c1-26(2,3)28-31(29,30)20-13-14-24-23(16-20)21-9-6-10-22(21)25(27-24)19-12-11-17-7-4-5-8-18(17)15-19/h4-9,11-16,21-22,25,27-28H,10H2,1-3H3. The molecule has 1 heterocycles. The van der Waals surface area contributed by atoms with Crippen LogP contribution in [0.3, 0.4) is 0 Å². The lowest BCUT2D eigenvalue weighted by atomic mass is 9.77. The SMILES string of the molecule is CC(C)(C)NS(=O)(=O)c1ccc2c(c1)C1C=CCC1C(c1ccc3ccccc3c1)N2. The first-order valence-electron chi connectivity index (χ1n) is 10.8. The first-order chi connectivity index (χ1) is 14.7. The summed E-state index contributed by atoms with van der Waals surface area (Å²) in [6.07, 6.45) is 5.45. The fraction of sp³-hybridized carbons (Fsp3) is 0.308. The summed E-state index contributed by atoms with van der Waals surface area (Å²) < 4.78 is 28.5. The van der Waals surface area contributed by atoms with Gasteiger partial charge >= 0.3 is 0 Å². The van der Waals surface area contributed by atoms with Crippen LogP contribution in [-0.4, -0.2) is 14.0 Å². The van der Waals surface area contributed by atoms with E-state index in [0.29, 0.717) is 10.8 Å². The first-order valence-corrected chi connectivity index (χ1v) is 12.3. The summed E-state index contributed by atoms with van der Waals surface area (Å²) in [6, 6.07) is 20.8. The van der Waals surface area contributed by atoms with Crippen molar-refractivity contribution >= 4 is 26.5 Å². The molecule has 31 heavy (non-hydrogen) atoms. The van der Waals surface area contributed by atoms with Gasteiger partial charge in [-0.25, -0.2) is 13.1 Å². The van der Waals surface area contributed by atoms with Crippen molar-refractivity contribution in [3.63, 3.8) is 0 Å². The molecule has 5 heteroatoms. The van der Waals surface area contributed by atoms with E-state index in [2.05, 4.69) is 64.7 Å². The smallest absolute Gasteiger partial charge is 0.241 e. The molecule has 5 rings (SSSR count). The second-order valence-electron chi connectivity index (χ2n) is 9.69. The molecule has 0 amide bonds. The third-order valence-electron chi connectivity index (χ3n) is 6.22. The number of rotatable bonds is 3. The highest BCUT2D eigenvalue weighted by Crippen LogP contribution is 2.50. The zero-order chi connectivity index (χ0) is 21.8. The van der Waals surface area contributed by atoms with Gasteiger partial charge in [0.05, 0.1) is 10.9 Å². The lowest BCUT2D eigenvalue weighted by molar-refractivity contribution is 0.425. The molecule has 0 bridgehead atoms. The van der Waals surface area contributed by atoms with Gasteiger partial charge < -0.3 is 5.32 Å². The van der Waals surface area contributed by atoms with E-state index < -0.39 is 15.6 Å². The lowest BCUT2D eigenvalue weighted by Gasteiger charge is -2.38. The van der Waals surface area contributed by atoms with E-state index >= 15 is 0 Å². The second-order valence-corrected chi connectivity index (χ2v) is 11.4. The highest BCUT2D eigenvalue weighted by atomic mass is 32.2. The van der Waals surface area contributed by atoms with Crippen molar-refractivity contribution < 1.29 is 8.42 Å². The Morgan fingerprint density at radius 3 is 2.52 bits per heavy atom. The summed E-state index contributed by atoms with van der Waals surface area (Å²) in [5, 5.41) is 6.20. The molecule has 0 saturated carbocycles. The van der Waals surface area contributed by atoms with Gasteiger partial charge in [0.15, 0.2) is 0 Å². The zero-order valence-corrected chi connectivity index (χ0v) is 18.9. The predicted molar refractivity (Wildman–Crippen MR) is 127 cm³/mol. The minimum absolute atomic E-state index is 0.187. The van der Waals surface area contributed by atoms with Gasteiger partial charge in [-0.3, -0.25) is 0 Å². The Kier molecular flexibility index (Phi) is 4.72. The maximum atomic E-state index is 12.9. The summed E-state index contributed by atoms with van der Waals surface area (Å²) in [5.41, 5.74) is 2.83. The van der Waals surface area contributed by atoms with Crippen LogP contribution in [-0.2, 0) is 10.0 Å². The highest BCUT2D eigenvalue weighted by Gasteiger charge is 2.38. The Morgan fingerprint density at radius 1 is 0.968 bits per heavy atom. The zero-order valence-electron chi connectivity index (χ0n) is 18.1. The van der Waals surface area contributed by atoms with E-state index in [9.17, 15) is 8.42 Å². The van der Waals surface area contributed by atoms with Gasteiger partial charge in [-0.1, -0.05) is 48.6 Å². The van der Waals surface area contributed by atoms with Crippen molar-refractivity contribution in [2.45, 2.75) is 49.6 Å². The summed E-state index contributed by atoms with van der Waals surface area (Å²) in [7, 11) is -3.57. The summed E-state index contributed by atoms with van der Waals surface area (Å²) in [4.78, 5) is 0.325. The van der Waals surface area contributed by atoms with Crippen LogP contribution in [0.2, 0.25) is 0 Å². The van der Waals surface area contributed by atoms with Crippen LogP contribution >= 0.6 is 0 Å². The van der Waals surface area contributed by atoms with Crippen LogP contribution in [0, 0.1) is 5.92 Å². The normalized spacial score (nSPS) is 22.7. The quantitative estimate of drug-likeness (QED) is 0.519. The monoisotopic (exact) mass is 432 g/mol. The highest BCUT2D eigenvalue weighted by molar-refractivity contribution is 7.89. The third kappa shape index (κ3) is 3.77. The Balaban J connectivity index is 1.53. The van der Waals surface area contributed by atoms with Crippen LogP contribution in [0.4, 0.5) is 5.69 Å². The van der Waals surface area contributed by atoms with Crippen molar-refractivity contribution in [1.29, 1.82) is 0 Å². The van der Waals surface area contributed by atoms with Crippen LogP contribution in [0.15, 0.2) is 77.7 Å². The number of fused-ring (bicyclic) bond motifs is 4. The van der Waals surface area contributed by atoms with Gasteiger partial charge in [-0.2, -0.15) is 0 Å². The molecule has 3 atom stereocenters.